The molecule has 0 atom stereocenters. The Labute approximate surface area is 107 Å². The molecule has 17 heavy (non-hydrogen) atoms. The largest absolute Gasteiger partial charge is 0.481 e. The van der Waals surface area contributed by atoms with E-state index in [1.165, 1.54) is 0 Å². The molecule has 0 saturated heterocycles. The highest BCUT2D eigenvalue weighted by Gasteiger charge is 2.20. The highest BCUT2D eigenvalue weighted by atomic mass is 32.2. The Morgan fingerprint density at radius 2 is 1.88 bits per heavy atom. The van der Waals surface area contributed by atoms with E-state index in [0.717, 1.165) is 5.75 Å². The monoisotopic (exact) mass is 262 g/mol. The average molecular weight is 262 g/mol. The normalized spacial score (nSPS) is 10.4. The smallest absolute Gasteiger partial charge is 0.320 e. The third kappa shape index (κ3) is 6.41. The van der Waals surface area contributed by atoms with Crippen molar-refractivity contribution in [3.05, 3.63) is 0 Å². The second-order valence-corrected chi connectivity index (χ2v) is 5.11. The van der Waals surface area contributed by atoms with Crippen molar-refractivity contribution >= 4 is 23.8 Å². The predicted octanol–water partition coefficient (Wildman–Crippen LogP) is 1.59. The van der Waals surface area contributed by atoms with Gasteiger partial charge in [-0.2, -0.15) is 11.8 Å². The summed E-state index contributed by atoms with van der Waals surface area (Å²) in [6.45, 7) is 4.72. The summed E-state index contributed by atoms with van der Waals surface area (Å²) in [5.41, 5.74) is 0. The van der Waals surface area contributed by atoms with Crippen molar-refractivity contribution in [2.24, 2.45) is 0 Å². The predicted molar refractivity (Wildman–Crippen MR) is 70.5 cm³/mol. The molecule has 0 heterocycles. The van der Waals surface area contributed by atoms with Crippen LogP contribution in [0, 0.1) is 0 Å². The van der Waals surface area contributed by atoms with Gasteiger partial charge in [-0.3, -0.25) is 4.79 Å². The second kappa shape index (κ2) is 8.22. The first kappa shape index (κ1) is 16.1. The van der Waals surface area contributed by atoms with E-state index in [2.05, 4.69) is 0 Å². The van der Waals surface area contributed by atoms with E-state index in [0.29, 0.717) is 6.54 Å². The molecule has 0 spiro atoms. The second-order valence-electron chi connectivity index (χ2n) is 4.13. The van der Waals surface area contributed by atoms with Crippen LogP contribution in [-0.2, 0) is 4.79 Å². The third-order valence-electron chi connectivity index (χ3n) is 2.39. The van der Waals surface area contributed by atoms with Crippen LogP contribution < -0.4 is 0 Å². The molecule has 5 nitrogen and oxygen atoms in total. The van der Waals surface area contributed by atoms with Crippen molar-refractivity contribution < 1.29 is 14.7 Å². The zero-order chi connectivity index (χ0) is 13.4. The van der Waals surface area contributed by atoms with E-state index in [1.807, 2.05) is 20.1 Å². The minimum atomic E-state index is -0.879. The number of carboxylic acid groups (broad SMARTS) is 1. The summed E-state index contributed by atoms with van der Waals surface area (Å²) in [4.78, 5) is 25.8. The summed E-state index contributed by atoms with van der Waals surface area (Å²) in [6, 6.07) is -0.0890. The standard InChI is InChI=1S/C11H22N2O3S/c1-9(2)13(6-5-10(14)15)11(16)12(3)7-8-17-4/h9H,5-8H2,1-4H3,(H,14,15). The molecule has 0 aromatic rings. The lowest BCUT2D eigenvalue weighted by molar-refractivity contribution is -0.137. The number of carbonyl (C=O) groups is 2. The van der Waals surface area contributed by atoms with E-state index < -0.39 is 5.97 Å². The van der Waals surface area contributed by atoms with Crippen molar-refractivity contribution in [1.29, 1.82) is 0 Å². The summed E-state index contributed by atoms with van der Waals surface area (Å²) in [6.07, 6.45) is 1.98. The molecule has 2 amide bonds. The van der Waals surface area contributed by atoms with Gasteiger partial charge in [-0.25, -0.2) is 4.79 Å². The zero-order valence-corrected chi connectivity index (χ0v) is 11.8. The van der Waals surface area contributed by atoms with Crippen LogP contribution in [0.4, 0.5) is 4.79 Å². The maximum absolute atomic E-state index is 12.1. The Morgan fingerprint density at radius 1 is 1.29 bits per heavy atom. The van der Waals surface area contributed by atoms with Crippen molar-refractivity contribution in [3.63, 3.8) is 0 Å². The van der Waals surface area contributed by atoms with Gasteiger partial charge in [-0.15, -0.1) is 0 Å². The van der Waals surface area contributed by atoms with E-state index >= 15 is 0 Å². The van der Waals surface area contributed by atoms with E-state index in [4.69, 9.17) is 5.11 Å². The number of aliphatic carboxylic acids is 1. The highest BCUT2D eigenvalue weighted by Crippen LogP contribution is 2.05. The first-order valence-corrected chi connectivity index (χ1v) is 7.02. The maximum atomic E-state index is 12.1. The number of hydrogen-bond acceptors (Lipinski definition) is 3. The van der Waals surface area contributed by atoms with Crippen molar-refractivity contribution in [1.82, 2.24) is 9.80 Å². The number of urea groups is 1. The van der Waals surface area contributed by atoms with E-state index in [9.17, 15) is 9.59 Å². The van der Waals surface area contributed by atoms with Crippen LogP contribution >= 0.6 is 11.8 Å². The van der Waals surface area contributed by atoms with Gasteiger partial charge in [0, 0.05) is 31.9 Å². The summed E-state index contributed by atoms with van der Waals surface area (Å²) >= 11 is 1.68. The van der Waals surface area contributed by atoms with Crippen LogP contribution in [0.15, 0.2) is 0 Å². The van der Waals surface area contributed by atoms with Crippen molar-refractivity contribution in [2.45, 2.75) is 26.3 Å². The minimum absolute atomic E-state index is 0.0126. The molecule has 0 unspecified atom stereocenters. The SMILES string of the molecule is CSCCN(C)C(=O)N(CCC(=O)O)C(C)C. The van der Waals surface area contributed by atoms with Crippen LogP contribution in [-0.4, -0.2) is 65.1 Å². The molecule has 6 heteroatoms. The van der Waals surface area contributed by atoms with Gasteiger partial charge >= 0.3 is 12.0 Å². The van der Waals surface area contributed by atoms with Gasteiger partial charge in [0.15, 0.2) is 0 Å². The molecule has 0 fully saturated rings. The van der Waals surface area contributed by atoms with Crippen molar-refractivity contribution in [3.8, 4) is 0 Å². The molecule has 0 aliphatic heterocycles. The Balaban J connectivity index is 4.37. The molecule has 0 saturated carbocycles. The number of carbonyl (C=O) groups excluding carboxylic acids is 1. The Bertz CT molecular complexity index is 259. The molecule has 0 radical (unpaired) electrons. The fourth-order valence-electron chi connectivity index (χ4n) is 1.33. The van der Waals surface area contributed by atoms with Gasteiger partial charge in [0.25, 0.3) is 0 Å². The number of rotatable bonds is 7. The first-order valence-electron chi connectivity index (χ1n) is 5.62. The molecule has 0 rings (SSSR count). The lowest BCUT2D eigenvalue weighted by Gasteiger charge is -2.30. The van der Waals surface area contributed by atoms with Crippen molar-refractivity contribution in [2.75, 3.05) is 32.1 Å². The maximum Gasteiger partial charge on any atom is 0.320 e. The number of nitrogens with zero attached hydrogens (tertiary/aromatic N) is 2. The summed E-state index contributed by atoms with van der Waals surface area (Å²) in [7, 11) is 1.74. The molecule has 0 aromatic carbocycles. The Kier molecular flexibility index (Phi) is 7.78. The number of carboxylic acids is 1. The molecule has 1 N–H and O–H groups in total. The quantitative estimate of drug-likeness (QED) is 0.757. The molecule has 0 aliphatic rings. The fourth-order valence-corrected chi connectivity index (χ4v) is 1.79. The summed E-state index contributed by atoms with van der Waals surface area (Å²) in [5, 5.41) is 8.65. The first-order chi connectivity index (χ1) is 7.90. The molecule has 0 aliphatic carbocycles. The number of amides is 2. The van der Waals surface area contributed by atoms with E-state index in [-0.39, 0.29) is 25.0 Å². The van der Waals surface area contributed by atoms with Crippen LogP contribution in [0.1, 0.15) is 20.3 Å². The molecule has 0 aromatic heterocycles. The van der Waals surface area contributed by atoms with Crippen LogP contribution in [0.2, 0.25) is 0 Å². The van der Waals surface area contributed by atoms with Gasteiger partial charge in [0.05, 0.1) is 6.42 Å². The topological polar surface area (TPSA) is 60.9 Å². The van der Waals surface area contributed by atoms with Crippen LogP contribution in [0.25, 0.3) is 0 Å². The van der Waals surface area contributed by atoms with Gasteiger partial charge in [-0.05, 0) is 20.1 Å². The number of hydrogen-bond donors (Lipinski definition) is 1. The average Bonchev–Trinajstić information content (AvgIpc) is 2.24. The van der Waals surface area contributed by atoms with E-state index in [1.54, 1.807) is 28.6 Å². The number of thioether (sulfide) groups is 1. The lowest BCUT2D eigenvalue weighted by atomic mass is 10.3. The lowest BCUT2D eigenvalue weighted by Crippen LogP contribution is -2.46. The van der Waals surface area contributed by atoms with Gasteiger partial charge < -0.3 is 14.9 Å². The summed E-state index contributed by atoms with van der Waals surface area (Å²) in [5.74, 6) is 0.00262. The fraction of sp³-hybridized carbons (Fsp3) is 0.818. The van der Waals surface area contributed by atoms with Crippen LogP contribution in [0.5, 0.6) is 0 Å². The van der Waals surface area contributed by atoms with Crippen LogP contribution in [0.3, 0.4) is 0 Å². The van der Waals surface area contributed by atoms with Gasteiger partial charge in [-0.1, -0.05) is 0 Å². The third-order valence-corrected chi connectivity index (χ3v) is 2.98. The minimum Gasteiger partial charge on any atom is -0.481 e. The van der Waals surface area contributed by atoms with Gasteiger partial charge in [0.2, 0.25) is 0 Å². The molecule has 0 bridgehead atoms. The molecule has 100 valence electrons. The Morgan fingerprint density at radius 3 is 2.29 bits per heavy atom. The molecular formula is C11H22N2O3S. The highest BCUT2D eigenvalue weighted by molar-refractivity contribution is 7.98. The zero-order valence-electron chi connectivity index (χ0n) is 11.0. The Hall–Kier alpha value is -0.910. The summed E-state index contributed by atoms with van der Waals surface area (Å²) < 4.78 is 0. The molecular weight excluding hydrogens is 240 g/mol. The van der Waals surface area contributed by atoms with Gasteiger partial charge in [0.1, 0.15) is 0 Å².